The molecule has 0 aromatic heterocycles. The van der Waals surface area contributed by atoms with Crippen LogP contribution in [0.2, 0.25) is 0 Å². The number of hydrogen-bond donors (Lipinski definition) is 1. The molecule has 3 fully saturated rings. The average Bonchev–Trinajstić information content (AvgIpc) is 3.13. The quantitative estimate of drug-likeness (QED) is 0.793. The van der Waals surface area contributed by atoms with Crippen molar-refractivity contribution in [2.75, 3.05) is 26.2 Å². The lowest BCUT2D eigenvalue weighted by Gasteiger charge is -2.38. The molecule has 3 heterocycles. The molecular weight excluding hydrogens is 328 g/mol. The van der Waals surface area contributed by atoms with Gasteiger partial charge in [-0.15, -0.1) is 0 Å². The van der Waals surface area contributed by atoms with Crippen LogP contribution in [0.5, 0.6) is 0 Å². The summed E-state index contributed by atoms with van der Waals surface area (Å²) in [5.41, 5.74) is -0.556. The first-order chi connectivity index (χ1) is 11.7. The first kappa shape index (κ1) is 18.0. The van der Waals surface area contributed by atoms with Gasteiger partial charge in [0.2, 0.25) is 5.91 Å². The van der Waals surface area contributed by atoms with E-state index in [0.29, 0.717) is 32.6 Å². The highest BCUT2D eigenvalue weighted by Crippen LogP contribution is 2.44. The Hall–Kier alpha value is -1.83. The SMILES string of the molecule is CC(C)(C)OC(=O)N1CCN(C(=O)C2C(C(=O)O)[C@@H]3CC[C@H]2O3)CC1. The van der Waals surface area contributed by atoms with Gasteiger partial charge >= 0.3 is 12.1 Å². The second-order valence-electron chi connectivity index (χ2n) is 7.97. The van der Waals surface area contributed by atoms with Gasteiger partial charge in [0, 0.05) is 26.2 Å². The molecule has 3 aliphatic rings. The maximum absolute atomic E-state index is 12.9. The van der Waals surface area contributed by atoms with E-state index in [4.69, 9.17) is 9.47 Å². The number of amides is 2. The van der Waals surface area contributed by atoms with Crippen LogP contribution in [0.1, 0.15) is 33.6 Å². The molecule has 2 bridgehead atoms. The third-order valence-electron chi connectivity index (χ3n) is 5.09. The van der Waals surface area contributed by atoms with Crippen LogP contribution in [0.4, 0.5) is 4.79 Å². The zero-order chi connectivity index (χ0) is 18.4. The third kappa shape index (κ3) is 3.58. The molecule has 3 aliphatic heterocycles. The van der Waals surface area contributed by atoms with Gasteiger partial charge in [-0.3, -0.25) is 9.59 Å². The summed E-state index contributed by atoms with van der Waals surface area (Å²) in [5, 5.41) is 9.46. The number of nitrogens with zero attached hydrogens (tertiary/aromatic N) is 2. The molecule has 2 unspecified atom stereocenters. The van der Waals surface area contributed by atoms with E-state index in [-0.39, 0.29) is 24.2 Å². The first-order valence-electron chi connectivity index (χ1n) is 8.82. The van der Waals surface area contributed by atoms with Crippen LogP contribution in [0.15, 0.2) is 0 Å². The minimum atomic E-state index is -0.960. The van der Waals surface area contributed by atoms with E-state index in [0.717, 1.165) is 6.42 Å². The highest BCUT2D eigenvalue weighted by molar-refractivity contribution is 5.87. The number of carbonyl (C=O) groups is 3. The van der Waals surface area contributed by atoms with Crippen LogP contribution in [0.25, 0.3) is 0 Å². The summed E-state index contributed by atoms with van der Waals surface area (Å²) >= 11 is 0. The summed E-state index contributed by atoms with van der Waals surface area (Å²) in [4.78, 5) is 39.7. The van der Waals surface area contributed by atoms with Crippen LogP contribution in [-0.2, 0) is 19.1 Å². The van der Waals surface area contributed by atoms with Crippen molar-refractivity contribution in [2.24, 2.45) is 11.8 Å². The van der Waals surface area contributed by atoms with Gasteiger partial charge in [0.15, 0.2) is 0 Å². The molecule has 1 N–H and O–H groups in total. The summed E-state index contributed by atoms with van der Waals surface area (Å²) in [5.74, 6) is -2.49. The van der Waals surface area contributed by atoms with Crippen molar-refractivity contribution in [3.8, 4) is 0 Å². The number of ether oxygens (including phenoxy) is 2. The number of rotatable bonds is 2. The van der Waals surface area contributed by atoms with E-state index in [9.17, 15) is 19.5 Å². The topological polar surface area (TPSA) is 96.4 Å². The Morgan fingerprint density at radius 2 is 1.48 bits per heavy atom. The van der Waals surface area contributed by atoms with Crippen LogP contribution in [0, 0.1) is 11.8 Å². The summed E-state index contributed by atoms with van der Waals surface area (Å²) in [7, 11) is 0. The Balaban J connectivity index is 1.59. The van der Waals surface area contributed by atoms with Crippen molar-refractivity contribution >= 4 is 18.0 Å². The molecule has 8 nitrogen and oxygen atoms in total. The fourth-order valence-corrected chi connectivity index (χ4v) is 3.95. The summed E-state index contributed by atoms with van der Waals surface area (Å²) in [6.45, 7) is 6.99. The van der Waals surface area contributed by atoms with Gasteiger partial charge in [-0.2, -0.15) is 0 Å². The highest BCUT2D eigenvalue weighted by atomic mass is 16.6. The molecule has 0 spiro atoms. The molecular formula is C17H26N2O6. The summed E-state index contributed by atoms with van der Waals surface area (Å²) in [6, 6.07) is 0. The van der Waals surface area contributed by atoms with Crippen LogP contribution in [0.3, 0.4) is 0 Å². The van der Waals surface area contributed by atoms with Crippen molar-refractivity contribution in [3.63, 3.8) is 0 Å². The predicted octanol–water partition coefficient (Wildman–Crippen LogP) is 0.944. The molecule has 2 amide bonds. The lowest BCUT2D eigenvalue weighted by atomic mass is 9.78. The van der Waals surface area contributed by atoms with E-state index in [1.54, 1.807) is 9.80 Å². The normalized spacial score (nSPS) is 32.0. The van der Waals surface area contributed by atoms with Crippen molar-refractivity contribution < 1.29 is 29.0 Å². The second kappa shape index (κ2) is 6.48. The Morgan fingerprint density at radius 3 is 2.00 bits per heavy atom. The highest BCUT2D eigenvalue weighted by Gasteiger charge is 2.56. The van der Waals surface area contributed by atoms with Crippen LogP contribution < -0.4 is 0 Å². The minimum Gasteiger partial charge on any atom is -0.481 e. The van der Waals surface area contributed by atoms with Crippen molar-refractivity contribution in [1.29, 1.82) is 0 Å². The molecule has 4 atom stereocenters. The van der Waals surface area contributed by atoms with E-state index >= 15 is 0 Å². The number of aliphatic carboxylic acids is 1. The molecule has 3 saturated heterocycles. The van der Waals surface area contributed by atoms with Crippen LogP contribution in [-0.4, -0.2) is 76.9 Å². The molecule has 140 valence electrons. The van der Waals surface area contributed by atoms with Gasteiger partial charge in [-0.05, 0) is 33.6 Å². The number of fused-ring (bicyclic) bond motifs is 2. The fraction of sp³-hybridized carbons (Fsp3) is 0.824. The first-order valence-corrected chi connectivity index (χ1v) is 8.82. The average molecular weight is 354 g/mol. The third-order valence-corrected chi connectivity index (χ3v) is 5.09. The van der Waals surface area contributed by atoms with Crippen molar-refractivity contribution in [2.45, 2.75) is 51.4 Å². The van der Waals surface area contributed by atoms with E-state index in [1.165, 1.54) is 0 Å². The standard InChI is InChI=1S/C17H26N2O6/c1-17(2,3)25-16(23)19-8-6-18(7-9-19)14(20)12-10-4-5-11(24-10)13(12)15(21)22/h10-13H,4-9H2,1-3H3,(H,21,22)/t10-,11+,12?,13?/m1/s1. The number of carbonyl (C=O) groups excluding carboxylic acids is 2. The fourth-order valence-electron chi connectivity index (χ4n) is 3.95. The Labute approximate surface area is 147 Å². The molecule has 0 aromatic rings. The lowest BCUT2D eigenvalue weighted by molar-refractivity contribution is -0.151. The Kier molecular flexibility index (Phi) is 4.66. The van der Waals surface area contributed by atoms with Gasteiger partial charge in [-0.25, -0.2) is 4.79 Å². The number of piperazine rings is 1. The van der Waals surface area contributed by atoms with Gasteiger partial charge in [0.1, 0.15) is 5.60 Å². The largest absolute Gasteiger partial charge is 0.481 e. The monoisotopic (exact) mass is 354 g/mol. The molecule has 0 aromatic carbocycles. The number of carboxylic acids is 1. The maximum Gasteiger partial charge on any atom is 0.410 e. The van der Waals surface area contributed by atoms with E-state index < -0.39 is 23.4 Å². The van der Waals surface area contributed by atoms with Gasteiger partial charge in [0.25, 0.3) is 0 Å². The zero-order valence-corrected chi connectivity index (χ0v) is 14.9. The predicted molar refractivity (Wildman–Crippen MR) is 86.9 cm³/mol. The van der Waals surface area contributed by atoms with E-state index in [2.05, 4.69) is 0 Å². The molecule has 25 heavy (non-hydrogen) atoms. The number of hydrogen-bond acceptors (Lipinski definition) is 5. The molecule has 3 rings (SSSR count). The smallest absolute Gasteiger partial charge is 0.410 e. The van der Waals surface area contributed by atoms with Crippen molar-refractivity contribution in [1.82, 2.24) is 9.80 Å². The number of carboxylic acid groups (broad SMARTS) is 1. The van der Waals surface area contributed by atoms with Crippen LogP contribution >= 0.6 is 0 Å². The van der Waals surface area contributed by atoms with Gasteiger partial charge in [-0.1, -0.05) is 0 Å². The van der Waals surface area contributed by atoms with Gasteiger partial charge in [0.05, 0.1) is 24.0 Å². The molecule has 0 radical (unpaired) electrons. The van der Waals surface area contributed by atoms with Gasteiger partial charge < -0.3 is 24.4 Å². The Morgan fingerprint density at radius 1 is 0.960 bits per heavy atom. The van der Waals surface area contributed by atoms with E-state index in [1.807, 2.05) is 20.8 Å². The minimum absolute atomic E-state index is 0.163. The zero-order valence-electron chi connectivity index (χ0n) is 14.9. The lowest BCUT2D eigenvalue weighted by Crippen LogP contribution is -2.55. The second-order valence-corrected chi connectivity index (χ2v) is 7.97. The molecule has 8 heteroatoms. The maximum atomic E-state index is 12.9. The van der Waals surface area contributed by atoms with Crippen molar-refractivity contribution in [3.05, 3.63) is 0 Å². The Bertz CT molecular complexity index is 564. The summed E-state index contributed by atoms with van der Waals surface area (Å²) in [6.07, 6.45) is 0.425. The molecule has 0 aliphatic carbocycles. The summed E-state index contributed by atoms with van der Waals surface area (Å²) < 4.78 is 11.0. The molecule has 0 saturated carbocycles.